The third-order valence-electron chi connectivity index (χ3n) is 7.89. The third-order valence-corrected chi connectivity index (χ3v) is 7.89. The highest BCUT2D eigenvalue weighted by atomic mass is 19.1. The Balaban J connectivity index is 1.33. The van der Waals surface area contributed by atoms with Crippen molar-refractivity contribution in [2.45, 2.75) is 44.9 Å². The molecule has 39 heavy (non-hydrogen) atoms. The molecular weight excluding hydrogens is 501 g/mol. The van der Waals surface area contributed by atoms with Crippen LogP contribution in [0.25, 0.3) is 16.8 Å². The average molecular weight is 536 g/mol. The third kappa shape index (κ3) is 4.97. The summed E-state index contributed by atoms with van der Waals surface area (Å²) in [6.45, 7) is 6.81. The molecule has 206 valence electrons. The molecule has 0 aromatic carbocycles. The Bertz CT molecular complexity index is 1450. The van der Waals surface area contributed by atoms with Gasteiger partial charge in [0.05, 0.1) is 44.0 Å². The van der Waals surface area contributed by atoms with Crippen LogP contribution in [-0.4, -0.2) is 80.3 Å². The Hall–Kier alpha value is -3.54. The van der Waals surface area contributed by atoms with E-state index in [1.54, 1.807) is 17.8 Å². The number of aliphatic hydroxyl groups is 1. The van der Waals surface area contributed by atoms with E-state index in [-0.39, 0.29) is 6.61 Å². The molecule has 11 heteroatoms. The van der Waals surface area contributed by atoms with E-state index in [1.165, 1.54) is 30.7 Å². The number of halogens is 1. The molecule has 0 radical (unpaired) electrons. The standard InChI is InChI=1S/C28H34FN7O3/c1-18-23-7-9-34(21-4-3-8-30-14-21)10-11-35(23)33-27(18)19-12-24(28-25(38-2)15-32-36(28)16-19)39-26(17-37)22-6-5-20(29)13-31-22/h5-6,12-13,15-16,21,26,30,37H,3-4,7-11,14,17H2,1-2H3/t21?,26-/m1/s1. The summed E-state index contributed by atoms with van der Waals surface area (Å²) in [5.74, 6) is 0.548. The number of fused-ring (bicyclic) bond motifs is 2. The van der Waals surface area contributed by atoms with Crippen molar-refractivity contribution in [3.8, 4) is 22.8 Å². The lowest BCUT2D eigenvalue weighted by Crippen LogP contribution is -2.47. The first-order chi connectivity index (χ1) is 19.1. The summed E-state index contributed by atoms with van der Waals surface area (Å²) in [6.07, 6.45) is 7.28. The molecule has 1 saturated heterocycles. The van der Waals surface area contributed by atoms with Gasteiger partial charge in [0.2, 0.25) is 0 Å². The number of pyridine rings is 2. The van der Waals surface area contributed by atoms with E-state index in [0.29, 0.717) is 28.8 Å². The van der Waals surface area contributed by atoms with E-state index in [4.69, 9.17) is 14.6 Å². The molecule has 4 aromatic rings. The lowest BCUT2D eigenvalue weighted by molar-refractivity contribution is 0.114. The van der Waals surface area contributed by atoms with Gasteiger partial charge in [0.25, 0.3) is 0 Å². The fraction of sp³-hybridized carbons (Fsp3) is 0.464. The highest BCUT2D eigenvalue weighted by Gasteiger charge is 2.27. The summed E-state index contributed by atoms with van der Waals surface area (Å²) in [5.41, 5.74) is 5.15. The number of hydrogen-bond acceptors (Lipinski definition) is 8. The average Bonchev–Trinajstić information content (AvgIpc) is 3.45. The number of methoxy groups -OCH3 is 1. The van der Waals surface area contributed by atoms with Crippen LogP contribution < -0.4 is 14.8 Å². The Morgan fingerprint density at radius 1 is 1.21 bits per heavy atom. The number of hydrogen-bond donors (Lipinski definition) is 2. The van der Waals surface area contributed by atoms with Gasteiger partial charge in [-0.2, -0.15) is 10.2 Å². The van der Waals surface area contributed by atoms with Gasteiger partial charge in [0.1, 0.15) is 5.82 Å². The topological polar surface area (TPSA) is 102 Å². The summed E-state index contributed by atoms with van der Waals surface area (Å²) in [4.78, 5) is 6.71. The maximum atomic E-state index is 13.5. The fourth-order valence-electron chi connectivity index (χ4n) is 5.80. The van der Waals surface area contributed by atoms with E-state index in [0.717, 1.165) is 62.2 Å². The van der Waals surface area contributed by atoms with Gasteiger partial charge >= 0.3 is 0 Å². The number of nitrogens with zero attached hydrogens (tertiary/aromatic N) is 6. The number of aromatic nitrogens is 5. The molecule has 6 heterocycles. The predicted octanol–water partition coefficient (Wildman–Crippen LogP) is 2.77. The SMILES string of the molecule is COc1cnn2cc(-c3nn4c(c3C)CCN(C3CCCNC3)CC4)cc(O[C@H](CO)c3ccc(F)cn3)c12. The van der Waals surface area contributed by atoms with Crippen LogP contribution in [0.5, 0.6) is 11.5 Å². The van der Waals surface area contributed by atoms with Gasteiger partial charge in [-0.25, -0.2) is 8.91 Å². The molecule has 0 saturated carbocycles. The fourth-order valence-corrected chi connectivity index (χ4v) is 5.80. The van der Waals surface area contributed by atoms with Crippen molar-refractivity contribution in [2.24, 2.45) is 0 Å². The van der Waals surface area contributed by atoms with Crippen molar-refractivity contribution in [2.75, 3.05) is 39.9 Å². The Morgan fingerprint density at radius 3 is 2.85 bits per heavy atom. The van der Waals surface area contributed by atoms with Crippen molar-refractivity contribution in [3.05, 3.63) is 59.6 Å². The maximum Gasteiger partial charge on any atom is 0.168 e. The Morgan fingerprint density at radius 2 is 2.10 bits per heavy atom. The summed E-state index contributed by atoms with van der Waals surface area (Å²) < 4.78 is 29.1. The quantitative estimate of drug-likeness (QED) is 0.373. The molecule has 6 rings (SSSR count). The molecule has 0 spiro atoms. The van der Waals surface area contributed by atoms with E-state index < -0.39 is 11.9 Å². The van der Waals surface area contributed by atoms with Crippen LogP contribution >= 0.6 is 0 Å². The lowest BCUT2D eigenvalue weighted by Gasteiger charge is -2.33. The van der Waals surface area contributed by atoms with Crippen LogP contribution in [0.15, 0.2) is 36.8 Å². The summed E-state index contributed by atoms with van der Waals surface area (Å²) >= 11 is 0. The van der Waals surface area contributed by atoms with Crippen molar-refractivity contribution in [1.29, 1.82) is 0 Å². The molecule has 10 nitrogen and oxygen atoms in total. The zero-order valence-electron chi connectivity index (χ0n) is 22.3. The van der Waals surface area contributed by atoms with Crippen LogP contribution in [0, 0.1) is 12.7 Å². The molecule has 2 atom stereocenters. The first-order valence-corrected chi connectivity index (χ1v) is 13.5. The van der Waals surface area contributed by atoms with E-state index in [9.17, 15) is 9.50 Å². The molecule has 0 aliphatic carbocycles. The minimum Gasteiger partial charge on any atom is -0.493 e. The van der Waals surface area contributed by atoms with E-state index in [1.807, 2.05) is 12.3 Å². The summed E-state index contributed by atoms with van der Waals surface area (Å²) in [7, 11) is 1.57. The van der Waals surface area contributed by atoms with Crippen LogP contribution in [0.2, 0.25) is 0 Å². The number of nitrogens with one attached hydrogen (secondary N) is 1. The van der Waals surface area contributed by atoms with Gasteiger partial charge in [0, 0.05) is 49.6 Å². The first kappa shape index (κ1) is 25.7. The van der Waals surface area contributed by atoms with Crippen LogP contribution in [0.1, 0.15) is 35.9 Å². The van der Waals surface area contributed by atoms with Crippen LogP contribution in [0.4, 0.5) is 4.39 Å². The lowest BCUT2D eigenvalue weighted by atomic mass is 10.0. The molecule has 0 bridgehead atoms. The molecule has 1 unspecified atom stereocenters. The van der Waals surface area contributed by atoms with Gasteiger partial charge in [-0.1, -0.05) is 0 Å². The van der Waals surface area contributed by atoms with Crippen LogP contribution in [0.3, 0.4) is 0 Å². The smallest absolute Gasteiger partial charge is 0.168 e. The molecule has 1 fully saturated rings. The maximum absolute atomic E-state index is 13.5. The second-order valence-corrected chi connectivity index (χ2v) is 10.2. The van der Waals surface area contributed by atoms with Crippen molar-refractivity contribution >= 4 is 5.52 Å². The largest absolute Gasteiger partial charge is 0.493 e. The minimum absolute atomic E-state index is 0.337. The highest BCUT2D eigenvalue weighted by molar-refractivity contribution is 5.75. The highest BCUT2D eigenvalue weighted by Crippen LogP contribution is 2.37. The van der Waals surface area contributed by atoms with Gasteiger partial charge in [-0.3, -0.25) is 14.6 Å². The monoisotopic (exact) mass is 535 g/mol. The Labute approximate surface area is 226 Å². The second kappa shape index (κ2) is 10.9. The van der Waals surface area contributed by atoms with Gasteiger partial charge < -0.3 is 19.9 Å². The van der Waals surface area contributed by atoms with Gasteiger partial charge in [-0.15, -0.1) is 0 Å². The summed E-state index contributed by atoms with van der Waals surface area (Å²) in [6, 6.07) is 5.30. The summed E-state index contributed by atoms with van der Waals surface area (Å²) in [5, 5.41) is 23.2. The zero-order valence-corrected chi connectivity index (χ0v) is 22.3. The van der Waals surface area contributed by atoms with Crippen LogP contribution in [-0.2, 0) is 13.0 Å². The Kier molecular flexibility index (Phi) is 7.20. The number of rotatable bonds is 7. The molecule has 4 aromatic heterocycles. The van der Waals surface area contributed by atoms with Crippen molar-refractivity contribution in [3.63, 3.8) is 0 Å². The second-order valence-electron chi connectivity index (χ2n) is 10.2. The van der Waals surface area contributed by atoms with Crippen molar-refractivity contribution < 1.29 is 19.0 Å². The molecule has 2 aliphatic rings. The normalized spacial score (nSPS) is 19.0. The first-order valence-electron chi connectivity index (χ1n) is 13.5. The zero-order chi connectivity index (χ0) is 26.9. The van der Waals surface area contributed by atoms with E-state index in [2.05, 4.69) is 31.9 Å². The number of ether oxygens (including phenoxy) is 2. The molecule has 2 N–H and O–H groups in total. The van der Waals surface area contributed by atoms with Gasteiger partial charge in [-0.05, 0) is 50.1 Å². The molecule has 0 amide bonds. The van der Waals surface area contributed by atoms with Crippen molar-refractivity contribution in [1.82, 2.24) is 34.6 Å². The van der Waals surface area contributed by atoms with Gasteiger partial charge in [0.15, 0.2) is 23.1 Å². The number of piperidine rings is 1. The molecule has 2 aliphatic heterocycles. The van der Waals surface area contributed by atoms with E-state index >= 15 is 0 Å². The molecular formula is C28H34FN7O3. The predicted molar refractivity (Wildman–Crippen MR) is 144 cm³/mol. The number of aliphatic hydroxyl groups excluding tert-OH is 1. The minimum atomic E-state index is -0.802.